The molecule has 22 heavy (non-hydrogen) atoms. The number of halogens is 3. The molecule has 0 aromatic carbocycles. The molecule has 1 N–H and O–H groups in total. The number of nitrogens with one attached hydrogen (secondary N) is 1. The number of hydrogen-bond donors (Lipinski definition) is 1. The number of amides is 1. The predicted octanol–water partition coefficient (Wildman–Crippen LogP) is 2.25. The Morgan fingerprint density at radius 1 is 1.45 bits per heavy atom. The van der Waals surface area contributed by atoms with Crippen LogP contribution >= 0.6 is 11.8 Å². The van der Waals surface area contributed by atoms with Crippen LogP contribution in [0.4, 0.5) is 19.0 Å². The Kier molecular flexibility index (Phi) is 4.74. The van der Waals surface area contributed by atoms with E-state index in [0.717, 1.165) is 16.3 Å². The lowest BCUT2D eigenvalue weighted by Gasteiger charge is -2.06. The fourth-order valence-corrected chi connectivity index (χ4v) is 2.40. The van der Waals surface area contributed by atoms with Crippen molar-refractivity contribution in [1.82, 2.24) is 19.9 Å². The second-order valence-corrected chi connectivity index (χ2v) is 5.39. The fraction of sp³-hybridized carbons (Fsp3) is 0.455. The first-order valence-electron chi connectivity index (χ1n) is 6.10. The molecule has 0 fully saturated rings. The van der Waals surface area contributed by atoms with Gasteiger partial charge in [-0.05, 0) is 6.92 Å². The van der Waals surface area contributed by atoms with Crippen molar-refractivity contribution in [3.05, 3.63) is 17.7 Å². The van der Waals surface area contributed by atoms with E-state index < -0.39 is 12.0 Å². The van der Waals surface area contributed by atoms with E-state index in [1.165, 1.54) is 7.05 Å². The number of aromatic nitrogens is 4. The van der Waals surface area contributed by atoms with Gasteiger partial charge in [-0.15, -0.1) is 10.2 Å². The molecular formula is C11H12F3N5O2S. The third-order valence-corrected chi connectivity index (χ3v) is 3.57. The summed E-state index contributed by atoms with van der Waals surface area (Å²) < 4.78 is 43.3. The predicted molar refractivity (Wildman–Crippen MR) is 71.2 cm³/mol. The van der Waals surface area contributed by atoms with Gasteiger partial charge < -0.3 is 14.4 Å². The molecule has 0 bridgehead atoms. The van der Waals surface area contributed by atoms with Gasteiger partial charge in [-0.2, -0.15) is 13.2 Å². The first kappa shape index (κ1) is 16.3. The van der Waals surface area contributed by atoms with E-state index in [-0.39, 0.29) is 23.2 Å². The van der Waals surface area contributed by atoms with Crippen LogP contribution in [0, 0.1) is 6.92 Å². The molecule has 0 aliphatic carbocycles. The van der Waals surface area contributed by atoms with Gasteiger partial charge in [0.2, 0.25) is 11.7 Å². The number of carbonyl (C=O) groups excluding carboxylic acids is 1. The Hall–Kier alpha value is -2.04. The van der Waals surface area contributed by atoms with E-state index in [0.29, 0.717) is 11.6 Å². The van der Waals surface area contributed by atoms with Crippen LogP contribution in [0.3, 0.4) is 0 Å². The molecule has 0 saturated carbocycles. The van der Waals surface area contributed by atoms with Crippen LogP contribution in [-0.2, 0) is 18.0 Å². The number of carbonyl (C=O) groups is 1. The van der Waals surface area contributed by atoms with Gasteiger partial charge in [0.05, 0.1) is 0 Å². The summed E-state index contributed by atoms with van der Waals surface area (Å²) in [4.78, 5) is 11.6. The molecular weight excluding hydrogens is 323 g/mol. The van der Waals surface area contributed by atoms with Crippen LogP contribution in [0.1, 0.15) is 18.0 Å². The number of thioether (sulfide) groups is 1. The van der Waals surface area contributed by atoms with Crippen LogP contribution in [0.15, 0.2) is 15.7 Å². The summed E-state index contributed by atoms with van der Waals surface area (Å²) in [5.74, 6) is -0.280. The highest BCUT2D eigenvalue weighted by atomic mass is 32.2. The lowest BCUT2D eigenvalue weighted by molar-refractivity contribution is -0.147. The fourth-order valence-electron chi connectivity index (χ4n) is 1.55. The van der Waals surface area contributed by atoms with Crippen molar-refractivity contribution in [2.24, 2.45) is 7.05 Å². The highest BCUT2D eigenvalue weighted by molar-refractivity contribution is 7.99. The molecule has 2 rings (SSSR count). The smallest absolute Gasteiger partial charge is 0.360 e. The van der Waals surface area contributed by atoms with E-state index in [1.54, 1.807) is 13.0 Å². The van der Waals surface area contributed by atoms with Crippen LogP contribution in [-0.4, -0.2) is 31.6 Å². The Bertz CT molecular complexity index is 667. The highest BCUT2D eigenvalue weighted by Gasteiger charge is 2.37. The Morgan fingerprint density at radius 3 is 2.73 bits per heavy atom. The second-order valence-electron chi connectivity index (χ2n) is 4.33. The summed E-state index contributed by atoms with van der Waals surface area (Å²) in [6.07, 6.45) is -4.46. The van der Waals surface area contributed by atoms with Crippen molar-refractivity contribution < 1.29 is 22.5 Å². The molecule has 2 aromatic heterocycles. The lowest BCUT2D eigenvalue weighted by atomic mass is 10.4. The van der Waals surface area contributed by atoms with Crippen LogP contribution < -0.4 is 5.32 Å². The zero-order valence-corrected chi connectivity index (χ0v) is 12.5. The van der Waals surface area contributed by atoms with Crippen molar-refractivity contribution in [2.75, 3.05) is 11.1 Å². The monoisotopic (exact) mass is 335 g/mol. The molecule has 2 heterocycles. The molecule has 0 unspecified atom stereocenters. The summed E-state index contributed by atoms with van der Waals surface area (Å²) in [6.45, 7) is 1.69. The largest absolute Gasteiger partial charge is 0.451 e. The first-order chi connectivity index (χ1) is 10.3. The second kappa shape index (κ2) is 6.38. The average Bonchev–Trinajstić information content (AvgIpc) is 2.96. The third-order valence-electron chi connectivity index (χ3n) is 2.54. The van der Waals surface area contributed by atoms with Crippen molar-refractivity contribution in [1.29, 1.82) is 0 Å². The summed E-state index contributed by atoms with van der Waals surface area (Å²) in [6, 6.07) is 1.56. The van der Waals surface area contributed by atoms with Crippen molar-refractivity contribution in [2.45, 2.75) is 24.7 Å². The van der Waals surface area contributed by atoms with Crippen LogP contribution in [0.5, 0.6) is 0 Å². The summed E-state index contributed by atoms with van der Waals surface area (Å²) in [5.41, 5.74) is 0. The standard InChI is InChI=1S/C11H12F3N5O2S/c1-6-5-7(18-21-6)15-8(20)3-4-22-10-17-16-9(19(10)2)11(12,13)14/h5H,3-4H2,1-2H3,(H,15,18,20). The molecule has 7 nitrogen and oxygen atoms in total. The minimum absolute atomic E-state index is 0.0881. The summed E-state index contributed by atoms with van der Waals surface area (Å²) in [5, 5.41) is 12.8. The molecule has 0 aliphatic rings. The Morgan fingerprint density at radius 2 is 2.18 bits per heavy atom. The number of hydrogen-bond acceptors (Lipinski definition) is 6. The van der Waals surface area contributed by atoms with Gasteiger partial charge in [-0.25, -0.2) is 0 Å². The van der Waals surface area contributed by atoms with Crippen molar-refractivity contribution in [3.63, 3.8) is 0 Å². The van der Waals surface area contributed by atoms with Gasteiger partial charge in [0, 0.05) is 25.3 Å². The van der Waals surface area contributed by atoms with Crippen molar-refractivity contribution >= 4 is 23.5 Å². The molecule has 0 saturated heterocycles. The van der Waals surface area contributed by atoms with Crippen LogP contribution in [0.2, 0.25) is 0 Å². The molecule has 0 radical (unpaired) electrons. The molecule has 1 amide bonds. The zero-order valence-electron chi connectivity index (χ0n) is 11.6. The average molecular weight is 335 g/mol. The molecule has 0 aliphatic heterocycles. The highest BCUT2D eigenvalue weighted by Crippen LogP contribution is 2.29. The maximum Gasteiger partial charge on any atom is 0.451 e. The molecule has 0 atom stereocenters. The number of anilines is 1. The first-order valence-corrected chi connectivity index (χ1v) is 7.08. The normalized spacial score (nSPS) is 11.7. The molecule has 0 spiro atoms. The van der Waals surface area contributed by atoms with Crippen LogP contribution in [0.25, 0.3) is 0 Å². The topological polar surface area (TPSA) is 85.8 Å². The van der Waals surface area contributed by atoms with Gasteiger partial charge in [0.1, 0.15) is 5.76 Å². The van der Waals surface area contributed by atoms with Gasteiger partial charge in [0.25, 0.3) is 0 Å². The lowest BCUT2D eigenvalue weighted by Crippen LogP contribution is -2.14. The minimum Gasteiger partial charge on any atom is -0.360 e. The SMILES string of the molecule is Cc1cc(NC(=O)CCSc2nnc(C(F)(F)F)n2C)no1. The van der Waals surface area contributed by atoms with Gasteiger partial charge in [-0.3, -0.25) is 4.79 Å². The molecule has 2 aromatic rings. The number of alkyl halides is 3. The number of rotatable bonds is 5. The van der Waals surface area contributed by atoms with E-state index in [4.69, 9.17) is 4.52 Å². The minimum atomic E-state index is -4.55. The third kappa shape index (κ3) is 4.00. The van der Waals surface area contributed by atoms with Gasteiger partial charge in [0.15, 0.2) is 11.0 Å². The number of nitrogens with zero attached hydrogens (tertiary/aromatic N) is 4. The maximum absolute atomic E-state index is 12.5. The van der Waals surface area contributed by atoms with E-state index >= 15 is 0 Å². The Labute approximate surface area is 127 Å². The number of aryl methyl sites for hydroxylation is 1. The summed E-state index contributed by atoms with van der Waals surface area (Å²) >= 11 is 1.01. The van der Waals surface area contributed by atoms with E-state index in [2.05, 4.69) is 20.7 Å². The van der Waals surface area contributed by atoms with Gasteiger partial charge >= 0.3 is 6.18 Å². The Balaban J connectivity index is 1.84. The van der Waals surface area contributed by atoms with E-state index in [1.807, 2.05) is 0 Å². The van der Waals surface area contributed by atoms with E-state index in [9.17, 15) is 18.0 Å². The van der Waals surface area contributed by atoms with Gasteiger partial charge in [-0.1, -0.05) is 16.9 Å². The quantitative estimate of drug-likeness (QED) is 0.844. The molecule has 11 heteroatoms. The zero-order chi connectivity index (χ0) is 16.3. The molecule has 120 valence electrons. The summed E-state index contributed by atoms with van der Waals surface area (Å²) in [7, 11) is 1.23. The van der Waals surface area contributed by atoms with Crippen molar-refractivity contribution in [3.8, 4) is 0 Å². The maximum atomic E-state index is 12.5.